The Balaban J connectivity index is 1.79. The second-order valence-corrected chi connectivity index (χ2v) is 9.13. The molecule has 6 heteroatoms. The van der Waals surface area contributed by atoms with E-state index in [-0.39, 0.29) is 5.82 Å². The minimum atomic E-state index is -0.282. The Hall–Kier alpha value is -2.83. The Morgan fingerprint density at radius 3 is 2.42 bits per heavy atom. The molecule has 156 valence electrons. The van der Waals surface area contributed by atoms with Gasteiger partial charge in [-0.25, -0.2) is 14.1 Å². The van der Waals surface area contributed by atoms with Gasteiger partial charge < -0.3 is 0 Å². The first-order valence-corrected chi connectivity index (χ1v) is 11.6. The van der Waals surface area contributed by atoms with Crippen molar-refractivity contribution >= 4 is 39.2 Å². The molecule has 0 aliphatic rings. The highest BCUT2D eigenvalue weighted by Crippen LogP contribution is 2.24. The van der Waals surface area contributed by atoms with Crippen LogP contribution in [0.5, 0.6) is 0 Å². The zero-order valence-electron chi connectivity index (χ0n) is 17.2. The van der Waals surface area contributed by atoms with Crippen LogP contribution in [-0.4, -0.2) is 10.9 Å². The molecule has 4 aromatic rings. The van der Waals surface area contributed by atoms with Crippen molar-refractivity contribution in [2.45, 2.75) is 19.8 Å². The number of benzene rings is 3. The van der Waals surface area contributed by atoms with Crippen LogP contribution in [0.25, 0.3) is 11.3 Å². The van der Waals surface area contributed by atoms with E-state index in [1.165, 1.54) is 29.0 Å². The molecule has 0 fully saturated rings. The second-order valence-electron chi connectivity index (χ2n) is 7.38. The van der Waals surface area contributed by atoms with Crippen molar-refractivity contribution < 1.29 is 4.39 Å². The van der Waals surface area contributed by atoms with Crippen LogP contribution in [0, 0.1) is 5.82 Å². The average Bonchev–Trinajstić information content (AvgIpc) is 3.16. The number of hydrogen-bond donors (Lipinski definition) is 0. The van der Waals surface area contributed by atoms with Crippen LogP contribution < -0.4 is 4.80 Å². The number of halogens is 2. The third kappa shape index (κ3) is 5.27. The largest absolute Gasteiger partial charge is 0.220 e. The van der Waals surface area contributed by atoms with Crippen molar-refractivity contribution in [1.29, 1.82) is 0 Å². The van der Waals surface area contributed by atoms with Gasteiger partial charge >= 0.3 is 0 Å². The lowest BCUT2D eigenvalue weighted by atomic mass is 10.0. The third-order valence-corrected chi connectivity index (χ3v) is 6.09. The second kappa shape index (κ2) is 9.54. The summed E-state index contributed by atoms with van der Waals surface area (Å²) >= 11 is 5.03. The van der Waals surface area contributed by atoms with Crippen molar-refractivity contribution in [3.05, 3.63) is 104 Å². The van der Waals surface area contributed by atoms with Crippen LogP contribution in [0.3, 0.4) is 0 Å². The molecule has 0 atom stereocenters. The molecule has 1 heterocycles. The van der Waals surface area contributed by atoms with E-state index in [9.17, 15) is 4.39 Å². The maximum Gasteiger partial charge on any atom is 0.211 e. The fourth-order valence-electron chi connectivity index (χ4n) is 3.05. The predicted molar refractivity (Wildman–Crippen MR) is 131 cm³/mol. The minimum absolute atomic E-state index is 0.282. The fraction of sp³-hybridized carbons (Fsp3) is 0.120. The lowest BCUT2D eigenvalue weighted by Crippen LogP contribution is -2.11. The van der Waals surface area contributed by atoms with Crippen LogP contribution in [0.4, 0.5) is 10.1 Å². The molecule has 31 heavy (non-hydrogen) atoms. The van der Waals surface area contributed by atoms with Crippen LogP contribution in [0.15, 0.2) is 92.7 Å². The molecule has 0 bridgehead atoms. The van der Waals surface area contributed by atoms with Crippen molar-refractivity contribution in [3.8, 4) is 11.3 Å². The van der Waals surface area contributed by atoms with Gasteiger partial charge in [0.25, 0.3) is 0 Å². The van der Waals surface area contributed by atoms with E-state index < -0.39 is 0 Å². The normalized spacial score (nSPS) is 12.2. The smallest absolute Gasteiger partial charge is 0.211 e. The Morgan fingerprint density at radius 2 is 1.74 bits per heavy atom. The SMILES string of the molecule is CC(C)c1ccc(/C=N/n2c(-c3cccc(Br)c3)csc2=Nc2ccc(F)cc2)cc1. The quantitative estimate of drug-likeness (QED) is 0.260. The van der Waals surface area contributed by atoms with Gasteiger partial charge in [-0.05, 0) is 53.4 Å². The molecule has 0 unspecified atom stereocenters. The molecule has 0 aliphatic carbocycles. The van der Waals surface area contributed by atoms with Crippen LogP contribution in [-0.2, 0) is 0 Å². The van der Waals surface area contributed by atoms with E-state index >= 15 is 0 Å². The third-order valence-electron chi connectivity index (χ3n) is 4.78. The highest BCUT2D eigenvalue weighted by Gasteiger charge is 2.08. The molecular weight excluding hydrogens is 473 g/mol. The number of nitrogens with zero attached hydrogens (tertiary/aromatic N) is 3. The summed E-state index contributed by atoms with van der Waals surface area (Å²) in [5.74, 6) is 0.206. The number of hydrogen-bond acceptors (Lipinski definition) is 3. The summed E-state index contributed by atoms with van der Waals surface area (Å²) in [6.07, 6.45) is 1.84. The molecule has 0 radical (unpaired) electrons. The van der Waals surface area contributed by atoms with Gasteiger partial charge in [0.05, 0.1) is 17.6 Å². The zero-order valence-corrected chi connectivity index (χ0v) is 19.6. The topological polar surface area (TPSA) is 29.6 Å². The standard InChI is InChI=1S/C25H21BrFN3S/c1-17(2)19-8-6-18(7-9-19)15-28-30-24(20-4-3-5-21(26)14-20)16-31-25(30)29-23-12-10-22(27)11-13-23/h3-17H,1-2H3/b28-15+,29-25?. The molecule has 0 N–H and O–H groups in total. The summed E-state index contributed by atoms with van der Waals surface area (Å²) in [5, 5.41) is 6.78. The van der Waals surface area contributed by atoms with Gasteiger partial charge in [-0.3, -0.25) is 0 Å². The van der Waals surface area contributed by atoms with Crippen LogP contribution in [0.1, 0.15) is 30.9 Å². The monoisotopic (exact) mass is 493 g/mol. The highest BCUT2D eigenvalue weighted by atomic mass is 79.9. The van der Waals surface area contributed by atoms with E-state index in [2.05, 4.69) is 59.0 Å². The Labute approximate surface area is 193 Å². The van der Waals surface area contributed by atoms with E-state index in [1.54, 1.807) is 12.1 Å². The summed E-state index contributed by atoms with van der Waals surface area (Å²) in [6.45, 7) is 4.36. The van der Waals surface area contributed by atoms with Crippen LogP contribution in [0.2, 0.25) is 0 Å². The molecule has 3 aromatic carbocycles. The van der Waals surface area contributed by atoms with E-state index in [0.29, 0.717) is 16.4 Å². The highest BCUT2D eigenvalue weighted by molar-refractivity contribution is 9.10. The van der Waals surface area contributed by atoms with Crippen LogP contribution >= 0.6 is 27.3 Å². The minimum Gasteiger partial charge on any atom is -0.220 e. The van der Waals surface area contributed by atoms with E-state index in [4.69, 9.17) is 5.10 Å². The van der Waals surface area contributed by atoms with Crippen molar-refractivity contribution in [2.75, 3.05) is 0 Å². The van der Waals surface area contributed by atoms with E-state index in [0.717, 1.165) is 21.3 Å². The predicted octanol–water partition coefficient (Wildman–Crippen LogP) is 7.36. The first-order valence-electron chi connectivity index (χ1n) is 9.91. The van der Waals surface area contributed by atoms with Gasteiger partial charge in [0.1, 0.15) is 5.82 Å². The summed E-state index contributed by atoms with van der Waals surface area (Å²) in [7, 11) is 0. The molecule has 0 spiro atoms. The number of aromatic nitrogens is 1. The Kier molecular flexibility index (Phi) is 6.59. The van der Waals surface area contributed by atoms with Gasteiger partial charge in [-0.2, -0.15) is 5.10 Å². The lowest BCUT2D eigenvalue weighted by molar-refractivity contribution is 0.628. The fourth-order valence-corrected chi connectivity index (χ4v) is 4.31. The maximum atomic E-state index is 13.3. The van der Waals surface area contributed by atoms with Gasteiger partial charge in [0.2, 0.25) is 4.80 Å². The summed E-state index contributed by atoms with van der Waals surface area (Å²) in [6, 6.07) is 22.6. The Morgan fingerprint density at radius 1 is 1.00 bits per heavy atom. The van der Waals surface area contributed by atoms with Crippen molar-refractivity contribution in [2.24, 2.45) is 10.1 Å². The molecule has 4 rings (SSSR count). The van der Waals surface area contributed by atoms with Gasteiger partial charge in [-0.15, -0.1) is 11.3 Å². The summed E-state index contributed by atoms with van der Waals surface area (Å²) in [5.41, 5.74) is 4.94. The molecule has 0 saturated heterocycles. The first kappa shape index (κ1) is 21.4. The molecule has 1 aromatic heterocycles. The average molecular weight is 494 g/mol. The van der Waals surface area contributed by atoms with Gasteiger partial charge in [0, 0.05) is 15.4 Å². The lowest BCUT2D eigenvalue weighted by Gasteiger charge is -2.06. The summed E-state index contributed by atoms with van der Waals surface area (Å²) < 4.78 is 16.1. The first-order chi connectivity index (χ1) is 15.0. The Bertz CT molecular complexity index is 1270. The molecule has 3 nitrogen and oxygen atoms in total. The number of rotatable bonds is 5. The summed E-state index contributed by atoms with van der Waals surface area (Å²) in [4.78, 5) is 5.39. The molecular formula is C25H21BrFN3S. The van der Waals surface area contributed by atoms with Crippen molar-refractivity contribution in [3.63, 3.8) is 0 Å². The van der Waals surface area contributed by atoms with E-state index in [1.807, 2.05) is 40.5 Å². The molecule has 0 aliphatic heterocycles. The van der Waals surface area contributed by atoms with Crippen molar-refractivity contribution in [1.82, 2.24) is 4.68 Å². The number of thiazole rings is 1. The zero-order chi connectivity index (χ0) is 21.8. The van der Waals surface area contributed by atoms with Gasteiger partial charge in [0.15, 0.2) is 0 Å². The van der Waals surface area contributed by atoms with Gasteiger partial charge in [-0.1, -0.05) is 66.2 Å². The maximum absolute atomic E-state index is 13.3. The molecule has 0 saturated carbocycles. The molecule has 0 amide bonds.